The Morgan fingerprint density at radius 1 is 1.22 bits per heavy atom. The average Bonchev–Trinajstić information content (AvgIpc) is 2.38. The molecule has 18 heavy (non-hydrogen) atoms. The van der Waals surface area contributed by atoms with E-state index in [4.69, 9.17) is 5.73 Å². The van der Waals surface area contributed by atoms with Crippen molar-refractivity contribution in [3.05, 3.63) is 65.7 Å². The van der Waals surface area contributed by atoms with Crippen LogP contribution in [0.4, 0.5) is 10.1 Å². The maximum Gasteiger partial charge on any atom is 0.187 e. The molecule has 0 fully saturated rings. The van der Waals surface area contributed by atoms with E-state index in [-0.39, 0.29) is 11.3 Å². The zero-order valence-electron chi connectivity index (χ0n) is 9.51. The Bertz CT molecular complexity index is 591. The molecular weight excluding hydrogens is 231 g/mol. The summed E-state index contributed by atoms with van der Waals surface area (Å²) in [7, 11) is 0. The second-order valence-electron chi connectivity index (χ2n) is 3.76. The number of carbonyl (C=O) groups is 1. The van der Waals surface area contributed by atoms with Crippen LogP contribution in [0, 0.1) is 5.82 Å². The first-order chi connectivity index (χ1) is 8.65. The van der Waals surface area contributed by atoms with Crippen LogP contribution in [-0.4, -0.2) is 10.8 Å². The fourth-order valence-electron chi connectivity index (χ4n) is 1.42. The van der Waals surface area contributed by atoms with Crippen molar-refractivity contribution in [3.8, 4) is 0 Å². The molecule has 0 saturated heterocycles. The third kappa shape index (κ3) is 3.01. The van der Waals surface area contributed by atoms with Crippen LogP contribution in [-0.2, 0) is 0 Å². The van der Waals surface area contributed by atoms with Crippen molar-refractivity contribution < 1.29 is 9.18 Å². The molecule has 1 aromatic heterocycles. The highest BCUT2D eigenvalue weighted by atomic mass is 19.1. The Morgan fingerprint density at radius 2 is 1.94 bits per heavy atom. The number of benzene rings is 1. The van der Waals surface area contributed by atoms with E-state index in [0.29, 0.717) is 5.69 Å². The Labute approximate surface area is 104 Å². The molecule has 0 bridgehead atoms. The molecule has 0 aliphatic rings. The van der Waals surface area contributed by atoms with E-state index in [1.807, 2.05) is 0 Å². The van der Waals surface area contributed by atoms with Crippen LogP contribution in [0.1, 0.15) is 15.9 Å². The summed E-state index contributed by atoms with van der Waals surface area (Å²) in [6.07, 6.45) is 5.41. The lowest BCUT2D eigenvalue weighted by Gasteiger charge is -1.96. The number of nitrogens with zero attached hydrogens (tertiary/aromatic N) is 1. The number of rotatable bonds is 3. The lowest BCUT2D eigenvalue weighted by molar-refractivity contribution is 0.104. The molecule has 0 amide bonds. The van der Waals surface area contributed by atoms with E-state index in [9.17, 15) is 9.18 Å². The van der Waals surface area contributed by atoms with Crippen LogP contribution in [0.3, 0.4) is 0 Å². The predicted molar refractivity (Wildman–Crippen MR) is 68.4 cm³/mol. The van der Waals surface area contributed by atoms with Crippen molar-refractivity contribution in [2.24, 2.45) is 0 Å². The van der Waals surface area contributed by atoms with Gasteiger partial charge in [-0.1, -0.05) is 18.2 Å². The first-order valence-corrected chi connectivity index (χ1v) is 5.33. The largest absolute Gasteiger partial charge is 0.399 e. The molecule has 2 aromatic rings. The number of aromatic nitrogens is 1. The molecule has 2 rings (SSSR count). The maximum atomic E-state index is 12.9. The fourth-order valence-corrected chi connectivity index (χ4v) is 1.42. The monoisotopic (exact) mass is 242 g/mol. The Balaban J connectivity index is 2.14. The van der Waals surface area contributed by atoms with Gasteiger partial charge in [-0.25, -0.2) is 4.39 Å². The lowest BCUT2D eigenvalue weighted by Crippen LogP contribution is -1.96. The van der Waals surface area contributed by atoms with E-state index in [2.05, 4.69) is 4.98 Å². The number of hydrogen-bond donors (Lipinski definition) is 1. The minimum atomic E-state index is -0.526. The highest BCUT2D eigenvalue weighted by molar-refractivity contribution is 6.06. The number of pyridine rings is 1. The molecule has 3 nitrogen and oxygen atoms in total. The molecule has 0 aliphatic carbocycles. The van der Waals surface area contributed by atoms with E-state index < -0.39 is 5.82 Å². The van der Waals surface area contributed by atoms with Crippen LogP contribution in [0.25, 0.3) is 6.08 Å². The molecule has 0 unspecified atom stereocenters. The van der Waals surface area contributed by atoms with Gasteiger partial charge in [0.15, 0.2) is 5.78 Å². The number of carbonyl (C=O) groups excluding carboxylic acids is 1. The number of ketones is 1. The number of halogens is 1. The number of allylic oxidation sites excluding steroid dienone is 1. The van der Waals surface area contributed by atoms with Gasteiger partial charge < -0.3 is 5.73 Å². The molecule has 90 valence electrons. The molecule has 0 atom stereocenters. The summed E-state index contributed by atoms with van der Waals surface area (Å²) in [4.78, 5) is 15.3. The summed E-state index contributed by atoms with van der Waals surface area (Å²) in [5.74, 6) is -0.819. The minimum absolute atomic E-state index is 0.224. The van der Waals surface area contributed by atoms with Gasteiger partial charge in [-0.2, -0.15) is 0 Å². The molecule has 4 heteroatoms. The zero-order chi connectivity index (χ0) is 13.0. The van der Waals surface area contributed by atoms with Gasteiger partial charge in [-0.15, -0.1) is 0 Å². The summed E-state index contributed by atoms with van der Waals surface area (Å²) in [5, 5.41) is 0. The van der Waals surface area contributed by atoms with E-state index in [1.54, 1.807) is 30.3 Å². The van der Waals surface area contributed by atoms with Gasteiger partial charge in [0.25, 0.3) is 0 Å². The van der Waals surface area contributed by atoms with E-state index in [1.165, 1.54) is 12.3 Å². The molecular formula is C14H11FN2O. The van der Waals surface area contributed by atoms with Gasteiger partial charge >= 0.3 is 0 Å². The van der Waals surface area contributed by atoms with Crippen LogP contribution >= 0.6 is 0 Å². The quantitative estimate of drug-likeness (QED) is 0.511. The van der Waals surface area contributed by atoms with Crippen LogP contribution in [0.5, 0.6) is 0 Å². The fraction of sp³-hybridized carbons (Fsp3) is 0. The molecule has 0 saturated carbocycles. The average molecular weight is 242 g/mol. The maximum absolute atomic E-state index is 12.9. The van der Waals surface area contributed by atoms with Gasteiger partial charge in [0.1, 0.15) is 5.82 Å². The van der Waals surface area contributed by atoms with Gasteiger partial charge in [0, 0.05) is 17.4 Å². The highest BCUT2D eigenvalue weighted by Crippen LogP contribution is 2.09. The molecule has 0 aliphatic heterocycles. The first kappa shape index (κ1) is 12.0. The Kier molecular flexibility index (Phi) is 3.48. The normalized spacial score (nSPS) is 10.7. The molecule has 1 heterocycles. The standard InChI is InChI=1S/C14H11FN2O/c15-12-7-11(8-17-9-12)14(18)6-3-10-1-4-13(16)5-2-10/h1-9H,16H2/b6-3+. The molecule has 0 radical (unpaired) electrons. The second-order valence-corrected chi connectivity index (χ2v) is 3.76. The smallest absolute Gasteiger partial charge is 0.187 e. The second kappa shape index (κ2) is 5.23. The van der Waals surface area contributed by atoms with E-state index in [0.717, 1.165) is 17.8 Å². The van der Waals surface area contributed by atoms with Crippen molar-refractivity contribution in [2.45, 2.75) is 0 Å². The molecule has 2 N–H and O–H groups in total. The van der Waals surface area contributed by atoms with Crippen molar-refractivity contribution in [1.82, 2.24) is 4.98 Å². The predicted octanol–water partition coefficient (Wildman–Crippen LogP) is 2.70. The summed E-state index contributed by atoms with van der Waals surface area (Å²) >= 11 is 0. The van der Waals surface area contributed by atoms with Crippen LogP contribution in [0.15, 0.2) is 48.8 Å². The number of nitrogens with two attached hydrogens (primary N) is 1. The van der Waals surface area contributed by atoms with Gasteiger partial charge in [-0.05, 0) is 29.8 Å². The topological polar surface area (TPSA) is 56.0 Å². The Hall–Kier alpha value is -2.49. The Morgan fingerprint density at radius 3 is 2.61 bits per heavy atom. The number of nitrogen functional groups attached to an aromatic ring is 1. The lowest BCUT2D eigenvalue weighted by atomic mass is 10.1. The summed E-state index contributed by atoms with van der Waals surface area (Å²) in [5.41, 5.74) is 7.28. The van der Waals surface area contributed by atoms with Gasteiger partial charge in [0.05, 0.1) is 6.20 Å². The summed E-state index contributed by atoms with van der Waals surface area (Å²) in [6.45, 7) is 0. The highest BCUT2D eigenvalue weighted by Gasteiger charge is 2.03. The number of anilines is 1. The van der Waals surface area contributed by atoms with Crippen LogP contribution < -0.4 is 5.73 Å². The SMILES string of the molecule is Nc1ccc(/C=C/C(=O)c2cncc(F)c2)cc1. The van der Waals surface area contributed by atoms with E-state index >= 15 is 0 Å². The zero-order valence-corrected chi connectivity index (χ0v) is 9.51. The third-order valence-corrected chi connectivity index (χ3v) is 2.35. The molecule has 0 spiro atoms. The summed E-state index contributed by atoms with van der Waals surface area (Å²) in [6, 6.07) is 8.23. The van der Waals surface area contributed by atoms with Crippen molar-refractivity contribution >= 4 is 17.5 Å². The van der Waals surface area contributed by atoms with Crippen molar-refractivity contribution in [2.75, 3.05) is 5.73 Å². The van der Waals surface area contributed by atoms with Crippen LogP contribution in [0.2, 0.25) is 0 Å². The van der Waals surface area contributed by atoms with Crippen molar-refractivity contribution in [3.63, 3.8) is 0 Å². The molecule has 1 aromatic carbocycles. The first-order valence-electron chi connectivity index (χ1n) is 5.33. The third-order valence-electron chi connectivity index (χ3n) is 2.35. The van der Waals surface area contributed by atoms with Gasteiger partial charge in [-0.3, -0.25) is 9.78 Å². The minimum Gasteiger partial charge on any atom is -0.399 e. The summed E-state index contributed by atoms with van der Waals surface area (Å²) < 4.78 is 12.9. The van der Waals surface area contributed by atoms with Crippen molar-refractivity contribution in [1.29, 1.82) is 0 Å². The van der Waals surface area contributed by atoms with Gasteiger partial charge in [0.2, 0.25) is 0 Å². The number of hydrogen-bond acceptors (Lipinski definition) is 3.